The molecule has 29 heavy (non-hydrogen) atoms. The number of hydrogen-bond donors (Lipinski definition) is 3. The van der Waals surface area contributed by atoms with Crippen molar-refractivity contribution in [1.82, 2.24) is 4.98 Å². The molecule has 0 spiro atoms. The molecule has 8 nitrogen and oxygen atoms in total. The summed E-state index contributed by atoms with van der Waals surface area (Å²) in [6, 6.07) is 9.04. The van der Waals surface area contributed by atoms with E-state index in [4.69, 9.17) is 14.9 Å². The summed E-state index contributed by atoms with van der Waals surface area (Å²) in [4.78, 5) is 39.0. The maximum Gasteiger partial charge on any atom is 0.335 e. The van der Waals surface area contributed by atoms with Crippen molar-refractivity contribution in [1.29, 1.82) is 0 Å². The second-order valence-electron chi connectivity index (χ2n) is 5.79. The topological polar surface area (TPSA) is 126 Å². The summed E-state index contributed by atoms with van der Waals surface area (Å²) in [6.07, 6.45) is 0. The molecule has 1 amide bonds. The van der Waals surface area contributed by atoms with Crippen LogP contribution in [0.3, 0.4) is 0 Å². The number of benzene rings is 2. The zero-order valence-corrected chi connectivity index (χ0v) is 16.8. The SMILES string of the molecule is CCOc1ccc2nc(SCC(=O)Nc3cc(C(=O)O)cc(C(=O)O)c3)sc2c1. The van der Waals surface area contributed by atoms with E-state index in [1.54, 1.807) is 0 Å². The van der Waals surface area contributed by atoms with Crippen LogP contribution in [0.1, 0.15) is 27.6 Å². The van der Waals surface area contributed by atoms with Gasteiger partial charge in [-0.15, -0.1) is 11.3 Å². The molecule has 1 heterocycles. The number of carbonyl (C=O) groups excluding carboxylic acids is 1. The lowest BCUT2D eigenvalue weighted by Gasteiger charge is -2.07. The van der Waals surface area contributed by atoms with Crippen molar-refractivity contribution < 1.29 is 29.3 Å². The Morgan fingerprint density at radius 2 is 1.79 bits per heavy atom. The van der Waals surface area contributed by atoms with E-state index in [9.17, 15) is 14.4 Å². The minimum absolute atomic E-state index is 0.0395. The number of amides is 1. The molecule has 0 saturated heterocycles. The van der Waals surface area contributed by atoms with Gasteiger partial charge in [-0.1, -0.05) is 11.8 Å². The molecule has 0 aliphatic heterocycles. The van der Waals surface area contributed by atoms with E-state index in [0.29, 0.717) is 10.9 Å². The predicted octanol–water partition coefficient (Wildman–Crippen LogP) is 3.82. The van der Waals surface area contributed by atoms with Crippen LogP contribution in [0.4, 0.5) is 5.69 Å². The van der Waals surface area contributed by atoms with Crippen molar-refractivity contribution in [2.24, 2.45) is 0 Å². The Hall–Kier alpha value is -3.11. The van der Waals surface area contributed by atoms with E-state index in [1.807, 2.05) is 25.1 Å². The summed E-state index contributed by atoms with van der Waals surface area (Å²) in [5, 5.41) is 20.7. The molecule has 0 aliphatic rings. The lowest BCUT2D eigenvalue weighted by Crippen LogP contribution is -2.15. The zero-order valence-electron chi connectivity index (χ0n) is 15.2. The third-order valence-electron chi connectivity index (χ3n) is 3.69. The van der Waals surface area contributed by atoms with Crippen LogP contribution in [-0.4, -0.2) is 45.4 Å². The summed E-state index contributed by atoms with van der Waals surface area (Å²) < 4.78 is 7.11. The molecule has 150 valence electrons. The van der Waals surface area contributed by atoms with Gasteiger partial charge < -0.3 is 20.3 Å². The summed E-state index contributed by atoms with van der Waals surface area (Å²) in [7, 11) is 0. The number of ether oxygens (including phenoxy) is 1. The first-order valence-electron chi connectivity index (χ1n) is 8.43. The number of aromatic carboxylic acids is 2. The first-order chi connectivity index (χ1) is 13.9. The first kappa shape index (κ1) is 20.6. The molecule has 3 aromatic rings. The van der Waals surface area contributed by atoms with Crippen LogP contribution in [0.15, 0.2) is 40.7 Å². The maximum absolute atomic E-state index is 12.2. The Labute approximate surface area is 173 Å². The van der Waals surface area contributed by atoms with Crippen LogP contribution < -0.4 is 10.1 Å². The third kappa shape index (κ3) is 5.24. The monoisotopic (exact) mass is 432 g/mol. The smallest absolute Gasteiger partial charge is 0.335 e. The Morgan fingerprint density at radius 3 is 2.41 bits per heavy atom. The van der Waals surface area contributed by atoms with Crippen molar-refractivity contribution in [2.75, 3.05) is 17.7 Å². The third-order valence-corrected chi connectivity index (χ3v) is 5.85. The minimum Gasteiger partial charge on any atom is -0.494 e. The van der Waals surface area contributed by atoms with Gasteiger partial charge in [0.05, 0.1) is 33.7 Å². The van der Waals surface area contributed by atoms with Gasteiger partial charge in [-0.3, -0.25) is 4.79 Å². The van der Waals surface area contributed by atoms with Crippen LogP contribution in [0.25, 0.3) is 10.2 Å². The zero-order chi connectivity index (χ0) is 21.0. The highest BCUT2D eigenvalue weighted by Crippen LogP contribution is 2.32. The highest BCUT2D eigenvalue weighted by atomic mass is 32.2. The quantitative estimate of drug-likeness (QED) is 0.459. The molecule has 0 radical (unpaired) electrons. The molecule has 3 rings (SSSR count). The number of thioether (sulfide) groups is 1. The van der Waals surface area contributed by atoms with Gasteiger partial charge in [-0.2, -0.15) is 0 Å². The number of nitrogens with zero attached hydrogens (tertiary/aromatic N) is 1. The van der Waals surface area contributed by atoms with Gasteiger partial charge in [0.1, 0.15) is 5.75 Å². The number of carboxylic acids is 2. The van der Waals surface area contributed by atoms with Crippen LogP contribution >= 0.6 is 23.1 Å². The standard InChI is InChI=1S/C19H16N2O6S2/c1-2-27-13-3-4-14-15(8-13)29-19(21-14)28-9-16(22)20-12-6-10(17(23)24)5-11(7-12)18(25)26/h3-8H,2,9H2,1H3,(H,20,22)(H,23,24)(H,25,26). The molecule has 2 aromatic carbocycles. The summed E-state index contributed by atoms with van der Waals surface area (Å²) >= 11 is 2.67. The van der Waals surface area contributed by atoms with E-state index in [0.717, 1.165) is 22.0 Å². The van der Waals surface area contributed by atoms with Gasteiger partial charge in [0.2, 0.25) is 5.91 Å². The normalized spacial score (nSPS) is 10.7. The van der Waals surface area contributed by atoms with Crippen LogP contribution in [-0.2, 0) is 4.79 Å². The largest absolute Gasteiger partial charge is 0.494 e. The fourth-order valence-electron chi connectivity index (χ4n) is 2.47. The van der Waals surface area contributed by atoms with Crippen molar-refractivity contribution in [3.8, 4) is 5.75 Å². The van der Waals surface area contributed by atoms with Crippen molar-refractivity contribution in [2.45, 2.75) is 11.3 Å². The van der Waals surface area contributed by atoms with E-state index >= 15 is 0 Å². The van der Waals surface area contributed by atoms with Crippen molar-refractivity contribution in [3.63, 3.8) is 0 Å². The predicted molar refractivity (Wildman–Crippen MR) is 111 cm³/mol. The maximum atomic E-state index is 12.2. The number of carbonyl (C=O) groups is 3. The van der Waals surface area contributed by atoms with Gasteiger partial charge in [0.15, 0.2) is 4.34 Å². The molecule has 10 heteroatoms. The van der Waals surface area contributed by atoms with Crippen molar-refractivity contribution in [3.05, 3.63) is 47.5 Å². The molecular weight excluding hydrogens is 416 g/mol. The number of rotatable bonds is 8. The van der Waals surface area contributed by atoms with Gasteiger partial charge in [-0.05, 0) is 43.3 Å². The molecule has 3 N–H and O–H groups in total. The summed E-state index contributed by atoms with van der Waals surface area (Å²) in [5.41, 5.74) is 0.480. The van der Waals surface area contributed by atoms with Crippen LogP contribution in [0.2, 0.25) is 0 Å². The number of carboxylic acid groups (broad SMARTS) is 2. The number of thiazole rings is 1. The Bertz CT molecular complexity index is 1060. The second kappa shape index (κ2) is 8.93. The van der Waals surface area contributed by atoms with E-state index < -0.39 is 17.8 Å². The lowest BCUT2D eigenvalue weighted by atomic mass is 10.1. The first-order valence-corrected chi connectivity index (χ1v) is 10.2. The number of fused-ring (bicyclic) bond motifs is 1. The molecule has 0 fully saturated rings. The van der Waals surface area contributed by atoms with E-state index in [2.05, 4.69) is 10.3 Å². The van der Waals surface area contributed by atoms with Gasteiger partial charge in [-0.25, -0.2) is 14.6 Å². The number of aromatic nitrogens is 1. The van der Waals surface area contributed by atoms with Crippen LogP contribution in [0, 0.1) is 0 Å². The highest BCUT2D eigenvalue weighted by molar-refractivity contribution is 8.01. The Kier molecular flexibility index (Phi) is 6.35. The minimum atomic E-state index is -1.28. The molecule has 0 unspecified atom stereocenters. The molecule has 0 aliphatic carbocycles. The molecule has 0 atom stereocenters. The van der Waals surface area contributed by atoms with Gasteiger partial charge >= 0.3 is 11.9 Å². The molecule has 0 bridgehead atoms. The van der Waals surface area contributed by atoms with E-state index in [1.165, 1.54) is 35.2 Å². The molecular formula is C19H16N2O6S2. The number of nitrogens with one attached hydrogen (secondary N) is 1. The average Bonchev–Trinajstić information content (AvgIpc) is 3.08. The second-order valence-corrected chi connectivity index (χ2v) is 8.04. The van der Waals surface area contributed by atoms with E-state index in [-0.39, 0.29) is 22.6 Å². The van der Waals surface area contributed by atoms with Crippen molar-refractivity contribution >= 4 is 56.8 Å². The fraction of sp³-hybridized carbons (Fsp3) is 0.158. The van der Waals surface area contributed by atoms with Crippen LogP contribution in [0.5, 0.6) is 5.75 Å². The Morgan fingerprint density at radius 1 is 1.10 bits per heavy atom. The Balaban J connectivity index is 1.67. The summed E-state index contributed by atoms with van der Waals surface area (Å²) in [6.45, 7) is 2.47. The molecule has 1 aromatic heterocycles. The van der Waals surface area contributed by atoms with Gasteiger partial charge in [0.25, 0.3) is 0 Å². The fourth-order valence-corrected chi connectivity index (χ4v) is 4.37. The van der Waals surface area contributed by atoms with Gasteiger partial charge in [0, 0.05) is 5.69 Å². The molecule has 0 saturated carbocycles. The average molecular weight is 432 g/mol. The summed E-state index contributed by atoms with van der Waals surface area (Å²) in [5.74, 6) is -2.16. The lowest BCUT2D eigenvalue weighted by molar-refractivity contribution is -0.113. The number of hydrogen-bond acceptors (Lipinski definition) is 7. The highest BCUT2D eigenvalue weighted by Gasteiger charge is 2.14. The number of anilines is 1.